The Morgan fingerprint density at radius 2 is 1.41 bits per heavy atom. The number of amides is 1. The first-order chi connectivity index (χ1) is 10.6. The number of hydrogen-bond donors (Lipinski definition) is 2. The minimum absolute atomic E-state index is 0.224. The largest absolute Gasteiger partial charge is 0.478 e. The highest BCUT2D eigenvalue weighted by Gasteiger charge is 1.98. The molecule has 4 nitrogen and oxygen atoms in total. The summed E-state index contributed by atoms with van der Waals surface area (Å²) in [5.41, 5.74) is 2.35. The van der Waals surface area contributed by atoms with Crippen molar-refractivity contribution in [2.45, 2.75) is 0 Å². The van der Waals surface area contributed by atoms with Crippen molar-refractivity contribution in [1.29, 1.82) is 0 Å². The second-order valence-corrected chi connectivity index (χ2v) is 4.53. The van der Waals surface area contributed by atoms with Crippen LogP contribution in [-0.2, 0) is 9.59 Å². The molecule has 4 heteroatoms. The number of carbonyl (C=O) groups is 2. The summed E-state index contributed by atoms with van der Waals surface area (Å²) in [4.78, 5) is 22.2. The van der Waals surface area contributed by atoms with Gasteiger partial charge in [0.15, 0.2) is 0 Å². The molecule has 0 aliphatic heterocycles. The Hall–Kier alpha value is -3.14. The van der Waals surface area contributed by atoms with Crippen LogP contribution >= 0.6 is 0 Å². The number of carboxylic acid groups (broad SMARTS) is 1. The fourth-order valence-electron chi connectivity index (χ4n) is 1.77. The van der Waals surface area contributed by atoms with Crippen molar-refractivity contribution in [1.82, 2.24) is 0 Å². The van der Waals surface area contributed by atoms with E-state index >= 15 is 0 Å². The van der Waals surface area contributed by atoms with E-state index in [1.54, 1.807) is 30.3 Å². The van der Waals surface area contributed by atoms with Gasteiger partial charge >= 0.3 is 5.97 Å². The number of benzene rings is 2. The lowest BCUT2D eigenvalue weighted by Gasteiger charge is -2.02. The molecule has 0 radical (unpaired) electrons. The van der Waals surface area contributed by atoms with Crippen LogP contribution in [0.4, 0.5) is 5.69 Å². The predicted molar refractivity (Wildman–Crippen MR) is 87.2 cm³/mol. The molecule has 2 N–H and O–H groups in total. The third kappa shape index (κ3) is 5.09. The Kier molecular flexibility index (Phi) is 5.26. The number of carbonyl (C=O) groups excluding carboxylic acids is 1. The third-order valence-corrected chi connectivity index (χ3v) is 2.82. The highest BCUT2D eigenvalue weighted by Crippen LogP contribution is 2.11. The van der Waals surface area contributed by atoms with E-state index in [2.05, 4.69) is 5.32 Å². The lowest BCUT2D eigenvalue weighted by Crippen LogP contribution is -2.07. The Bertz CT molecular complexity index is 701. The summed E-state index contributed by atoms with van der Waals surface area (Å²) >= 11 is 0. The van der Waals surface area contributed by atoms with Gasteiger partial charge in [-0.3, -0.25) is 4.79 Å². The molecular weight excluding hydrogens is 278 g/mol. The van der Waals surface area contributed by atoms with Crippen molar-refractivity contribution >= 4 is 29.7 Å². The molecule has 0 saturated heterocycles. The molecule has 0 aliphatic rings. The van der Waals surface area contributed by atoms with E-state index in [0.29, 0.717) is 5.69 Å². The molecule has 0 heterocycles. The van der Waals surface area contributed by atoms with Crippen LogP contribution < -0.4 is 5.32 Å². The first kappa shape index (κ1) is 15.3. The molecule has 2 rings (SSSR count). The maximum Gasteiger partial charge on any atom is 0.328 e. The number of carboxylic acids is 1. The van der Waals surface area contributed by atoms with E-state index in [-0.39, 0.29) is 5.91 Å². The second-order valence-electron chi connectivity index (χ2n) is 4.53. The number of anilines is 1. The number of rotatable bonds is 5. The van der Waals surface area contributed by atoms with Gasteiger partial charge in [-0.1, -0.05) is 42.5 Å². The van der Waals surface area contributed by atoms with Crippen LogP contribution in [0.3, 0.4) is 0 Å². The van der Waals surface area contributed by atoms with Crippen LogP contribution in [0.5, 0.6) is 0 Å². The predicted octanol–water partition coefficient (Wildman–Crippen LogP) is 3.44. The summed E-state index contributed by atoms with van der Waals surface area (Å²) < 4.78 is 0. The topological polar surface area (TPSA) is 66.4 Å². The monoisotopic (exact) mass is 293 g/mol. The fourth-order valence-corrected chi connectivity index (χ4v) is 1.77. The zero-order valence-corrected chi connectivity index (χ0v) is 11.8. The van der Waals surface area contributed by atoms with Crippen LogP contribution in [0.1, 0.15) is 11.1 Å². The van der Waals surface area contributed by atoms with Gasteiger partial charge in [0.25, 0.3) is 0 Å². The van der Waals surface area contributed by atoms with Crippen LogP contribution in [-0.4, -0.2) is 17.0 Å². The first-order valence-corrected chi connectivity index (χ1v) is 6.69. The number of nitrogens with one attached hydrogen (secondary N) is 1. The molecule has 0 saturated carbocycles. The Labute approximate surface area is 128 Å². The SMILES string of the molecule is O=C(O)/C=C/c1ccc(NC(=O)/C=C/c2ccccc2)cc1. The summed E-state index contributed by atoms with van der Waals surface area (Å²) in [5, 5.41) is 11.3. The van der Waals surface area contributed by atoms with Gasteiger partial charge < -0.3 is 10.4 Å². The van der Waals surface area contributed by atoms with E-state index in [9.17, 15) is 9.59 Å². The summed E-state index contributed by atoms with van der Waals surface area (Å²) in [6.07, 6.45) is 5.76. The van der Waals surface area contributed by atoms with Gasteiger partial charge in [-0.2, -0.15) is 0 Å². The zero-order chi connectivity index (χ0) is 15.8. The molecule has 0 bridgehead atoms. The minimum Gasteiger partial charge on any atom is -0.478 e. The van der Waals surface area contributed by atoms with Gasteiger partial charge in [-0.15, -0.1) is 0 Å². The van der Waals surface area contributed by atoms with Gasteiger partial charge in [0.05, 0.1) is 0 Å². The van der Waals surface area contributed by atoms with Crippen LogP contribution in [0.15, 0.2) is 66.7 Å². The Morgan fingerprint density at radius 3 is 2.05 bits per heavy atom. The van der Waals surface area contributed by atoms with E-state index in [1.807, 2.05) is 30.3 Å². The lowest BCUT2D eigenvalue weighted by atomic mass is 10.2. The normalized spacial score (nSPS) is 10.9. The summed E-state index contributed by atoms with van der Waals surface area (Å²) in [7, 11) is 0. The minimum atomic E-state index is -0.997. The molecule has 0 atom stereocenters. The third-order valence-electron chi connectivity index (χ3n) is 2.82. The average Bonchev–Trinajstić information content (AvgIpc) is 2.53. The van der Waals surface area contributed by atoms with Gasteiger partial charge in [0.1, 0.15) is 0 Å². The van der Waals surface area contributed by atoms with Crippen molar-refractivity contribution in [3.05, 3.63) is 77.9 Å². The first-order valence-electron chi connectivity index (χ1n) is 6.69. The van der Waals surface area contributed by atoms with Gasteiger partial charge in [-0.25, -0.2) is 4.79 Å². The Balaban J connectivity index is 1.94. The van der Waals surface area contributed by atoms with Gasteiger partial charge in [0, 0.05) is 17.8 Å². The maximum absolute atomic E-state index is 11.8. The highest BCUT2D eigenvalue weighted by atomic mass is 16.4. The van der Waals surface area contributed by atoms with Crippen LogP contribution in [0, 0.1) is 0 Å². The van der Waals surface area contributed by atoms with Crippen molar-refractivity contribution < 1.29 is 14.7 Å². The van der Waals surface area contributed by atoms with E-state index in [4.69, 9.17) is 5.11 Å². The highest BCUT2D eigenvalue weighted by molar-refractivity contribution is 6.02. The number of aliphatic carboxylic acids is 1. The Morgan fingerprint density at radius 1 is 0.818 bits per heavy atom. The number of hydrogen-bond acceptors (Lipinski definition) is 2. The molecule has 1 amide bonds. The molecule has 2 aromatic carbocycles. The molecule has 0 aromatic heterocycles. The van der Waals surface area contributed by atoms with Crippen molar-refractivity contribution in [3.63, 3.8) is 0 Å². The second kappa shape index (κ2) is 7.59. The van der Waals surface area contributed by atoms with Crippen molar-refractivity contribution in [3.8, 4) is 0 Å². The van der Waals surface area contributed by atoms with Crippen LogP contribution in [0.2, 0.25) is 0 Å². The summed E-state index contributed by atoms with van der Waals surface area (Å²) in [6, 6.07) is 16.4. The summed E-state index contributed by atoms with van der Waals surface area (Å²) in [6.45, 7) is 0. The van der Waals surface area contributed by atoms with Gasteiger partial charge in [-0.05, 0) is 35.4 Å². The molecule has 110 valence electrons. The quantitative estimate of drug-likeness (QED) is 0.830. The molecule has 0 unspecified atom stereocenters. The molecule has 0 fully saturated rings. The zero-order valence-electron chi connectivity index (χ0n) is 11.8. The molecule has 22 heavy (non-hydrogen) atoms. The molecular formula is C18H15NO3. The average molecular weight is 293 g/mol. The lowest BCUT2D eigenvalue weighted by molar-refractivity contribution is -0.131. The van der Waals surface area contributed by atoms with E-state index < -0.39 is 5.97 Å². The maximum atomic E-state index is 11.8. The van der Waals surface area contributed by atoms with Gasteiger partial charge in [0.2, 0.25) is 5.91 Å². The van der Waals surface area contributed by atoms with Crippen LogP contribution in [0.25, 0.3) is 12.2 Å². The summed E-state index contributed by atoms with van der Waals surface area (Å²) in [5.74, 6) is -1.22. The molecule has 0 aliphatic carbocycles. The standard InChI is InChI=1S/C18H15NO3/c20-17(12-8-14-4-2-1-3-5-14)19-16-10-6-15(7-11-16)9-13-18(21)22/h1-13H,(H,19,20)(H,21,22)/b12-8+,13-9+. The smallest absolute Gasteiger partial charge is 0.328 e. The van der Waals surface area contributed by atoms with Crippen molar-refractivity contribution in [2.24, 2.45) is 0 Å². The molecule has 2 aromatic rings. The molecule has 0 spiro atoms. The fraction of sp³-hybridized carbons (Fsp3) is 0. The van der Waals surface area contributed by atoms with E-state index in [1.165, 1.54) is 12.2 Å². The van der Waals surface area contributed by atoms with Crippen molar-refractivity contribution in [2.75, 3.05) is 5.32 Å². The van der Waals surface area contributed by atoms with E-state index in [0.717, 1.165) is 17.2 Å².